The monoisotopic (exact) mass is 310 g/mol. The van der Waals surface area contributed by atoms with Crippen molar-refractivity contribution in [3.05, 3.63) is 48.7 Å². The van der Waals surface area contributed by atoms with Crippen LogP contribution < -0.4 is 4.74 Å². The minimum Gasteiger partial charge on any atom is -0.490 e. The molecule has 0 aliphatic carbocycles. The molecule has 120 valence electrons. The van der Waals surface area contributed by atoms with Gasteiger partial charge in [0.05, 0.1) is 12.0 Å². The summed E-state index contributed by atoms with van der Waals surface area (Å²) in [5, 5.41) is 1.17. The zero-order valence-corrected chi connectivity index (χ0v) is 13.4. The van der Waals surface area contributed by atoms with Gasteiger partial charge >= 0.3 is 0 Å². The summed E-state index contributed by atoms with van der Waals surface area (Å²) in [6.45, 7) is 3.05. The maximum atomic E-state index is 6.26. The molecule has 0 atom stereocenters. The SMILES string of the molecule is Cn1cnc(CN2CCC(Oc3cccc4[nH]ccc34)CC2)c1. The van der Waals surface area contributed by atoms with Gasteiger partial charge in [0.2, 0.25) is 0 Å². The number of benzene rings is 1. The highest BCUT2D eigenvalue weighted by Gasteiger charge is 2.21. The van der Waals surface area contributed by atoms with Crippen LogP contribution in [-0.4, -0.2) is 38.6 Å². The number of H-pyrrole nitrogens is 1. The molecule has 1 saturated heterocycles. The van der Waals surface area contributed by atoms with Crippen molar-refractivity contribution >= 4 is 10.9 Å². The molecule has 1 aromatic carbocycles. The fourth-order valence-corrected chi connectivity index (χ4v) is 3.30. The standard InChI is InChI=1S/C18H22N4O/c1-21-11-14(20-13-21)12-22-9-6-15(7-10-22)23-18-4-2-3-17-16(18)5-8-19-17/h2-5,8,11,13,15,19H,6-7,9-10,12H2,1H3. The van der Waals surface area contributed by atoms with Gasteiger partial charge in [-0.15, -0.1) is 0 Å². The highest BCUT2D eigenvalue weighted by molar-refractivity contribution is 5.85. The van der Waals surface area contributed by atoms with E-state index in [1.54, 1.807) is 0 Å². The van der Waals surface area contributed by atoms with Crippen LogP contribution in [0, 0.1) is 0 Å². The lowest BCUT2D eigenvalue weighted by molar-refractivity contribution is 0.0973. The molecule has 3 heterocycles. The van der Waals surface area contributed by atoms with Gasteiger partial charge in [-0.25, -0.2) is 4.98 Å². The van der Waals surface area contributed by atoms with E-state index in [0.717, 1.165) is 49.4 Å². The van der Waals surface area contributed by atoms with Gasteiger partial charge in [0.25, 0.3) is 0 Å². The highest BCUT2D eigenvalue weighted by atomic mass is 16.5. The van der Waals surface area contributed by atoms with Crippen molar-refractivity contribution in [3.8, 4) is 5.75 Å². The van der Waals surface area contributed by atoms with E-state index in [1.165, 1.54) is 5.39 Å². The number of hydrogen-bond acceptors (Lipinski definition) is 3. The van der Waals surface area contributed by atoms with Crippen LogP contribution in [0.4, 0.5) is 0 Å². The molecular formula is C18H22N4O. The summed E-state index contributed by atoms with van der Waals surface area (Å²) in [5.41, 5.74) is 2.28. The van der Waals surface area contributed by atoms with Gasteiger partial charge in [-0.05, 0) is 31.0 Å². The van der Waals surface area contributed by atoms with Gasteiger partial charge in [-0.3, -0.25) is 4.90 Å². The lowest BCUT2D eigenvalue weighted by atomic mass is 10.1. The number of aromatic amines is 1. The number of ether oxygens (including phenoxy) is 1. The summed E-state index contributed by atoms with van der Waals surface area (Å²) >= 11 is 0. The summed E-state index contributed by atoms with van der Waals surface area (Å²) in [6.07, 6.45) is 8.35. The molecule has 5 heteroatoms. The van der Waals surface area contributed by atoms with Crippen LogP contribution in [0.15, 0.2) is 43.0 Å². The minimum absolute atomic E-state index is 0.301. The maximum absolute atomic E-state index is 6.26. The smallest absolute Gasteiger partial charge is 0.129 e. The summed E-state index contributed by atoms with van der Waals surface area (Å²) in [6, 6.07) is 8.28. The lowest BCUT2D eigenvalue weighted by Gasteiger charge is -2.31. The van der Waals surface area contributed by atoms with Crippen molar-refractivity contribution < 1.29 is 4.74 Å². The van der Waals surface area contributed by atoms with Crippen LogP contribution in [0.2, 0.25) is 0 Å². The van der Waals surface area contributed by atoms with Crippen LogP contribution in [0.5, 0.6) is 5.75 Å². The van der Waals surface area contributed by atoms with Crippen molar-refractivity contribution in [2.24, 2.45) is 7.05 Å². The maximum Gasteiger partial charge on any atom is 0.129 e. The molecule has 0 spiro atoms. The fraction of sp³-hybridized carbons (Fsp3) is 0.389. The van der Waals surface area contributed by atoms with Gasteiger partial charge in [0.1, 0.15) is 11.9 Å². The molecule has 0 bridgehead atoms. The Morgan fingerprint density at radius 1 is 1.26 bits per heavy atom. The summed E-state index contributed by atoms with van der Waals surface area (Å²) in [4.78, 5) is 10.1. The molecule has 1 fully saturated rings. The first kappa shape index (κ1) is 14.3. The van der Waals surface area contributed by atoms with Gasteiger partial charge in [-0.2, -0.15) is 0 Å². The Morgan fingerprint density at radius 3 is 2.91 bits per heavy atom. The number of fused-ring (bicyclic) bond motifs is 1. The Morgan fingerprint density at radius 2 is 2.13 bits per heavy atom. The molecule has 5 nitrogen and oxygen atoms in total. The van der Waals surface area contributed by atoms with Crippen molar-refractivity contribution in [2.75, 3.05) is 13.1 Å². The van der Waals surface area contributed by atoms with Crippen molar-refractivity contribution in [1.82, 2.24) is 19.4 Å². The predicted octanol–water partition coefficient (Wildman–Crippen LogP) is 2.94. The molecular weight excluding hydrogens is 288 g/mol. The first-order valence-electron chi connectivity index (χ1n) is 8.20. The van der Waals surface area contributed by atoms with Crippen LogP contribution in [0.25, 0.3) is 10.9 Å². The zero-order chi connectivity index (χ0) is 15.6. The van der Waals surface area contributed by atoms with E-state index < -0.39 is 0 Å². The normalized spacial score (nSPS) is 16.9. The molecule has 2 aromatic heterocycles. The number of hydrogen-bond donors (Lipinski definition) is 1. The van der Waals surface area contributed by atoms with E-state index in [1.807, 2.05) is 30.2 Å². The fourth-order valence-electron chi connectivity index (χ4n) is 3.30. The van der Waals surface area contributed by atoms with Crippen LogP contribution in [0.1, 0.15) is 18.5 Å². The summed E-state index contributed by atoms with van der Waals surface area (Å²) in [5.74, 6) is 0.993. The second-order valence-corrected chi connectivity index (χ2v) is 6.32. The Balaban J connectivity index is 1.35. The molecule has 0 radical (unpaired) electrons. The van der Waals surface area contributed by atoms with Gasteiger partial charge in [-0.1, -0.05) is 6.07 Å². The van der Waals surface area contributed by atoms with E-state index in [4.69, 9.17) is 4.74 Å². The Labute approximate surface area is 135 Å². The second kappa shape index (κ2) is 6.08. The lowest BCUT2D eigenvalue weighted by Crippen LogP contribution is -2.37. The topological polar surface area (TPSA) is 46.1 Å². The summed E-state index contributed by atoms with van der Waals surface area (Å²) in [7, 11) is 2.01. The van der Waals surface area contributed by atoms with Crippen molar-refractivity contribution in [2.45, 2.75) is 25.5 Å². The third kappa shape index (κ3) is 3.10. The number of nitrogens with zero attached hydrogens (tertiary/aromatic N) is 3. The first-order chi connectivity index (χ1) is 11.3. The second-order valence-electron chi connectivity index (χ2n) is 6.32. The van der Waals surface area contributed by atoms with E-state index >= 15 is 0 Å². The number of imidazole rings is 1. The highest BCUT2D eigenvalue weighted by Crippen LogP contribution is 2.27. The van der Waals surface area contributed by atoms with E-state index in [2.05, 4.69) is 39.3 Å². The molecule has 1 aliphatic heterocycles. The number of likely N-dealkylation sites (tertiary alicyclic amines) is 1. The van der Waals surface area contributed by atoms with Crippen molar-refractivity contribution in [1.29, 1.82) is 0 Å². The largest absolute Gasteiger partial charge is 0.490 e. The van der Waals surface area contributed by atoms with Crippen LogP contribution >= 0.6 is 0 Å². The number of aromatic nitrogens is 3. The van der Waals surface area contributed by atoms with E-state index in [-0.39, 0.29) is 0 Å². The molecule has 3 aromatic rings. The molecule has 1 aliphatic rings. The summed E-state index contributed by atoms with van der Waals surface area (Å²) < 4.78 is 8.27. The third-order valence-corrected chi connectivity index (χ3v) is 4.53. The zero-order valence-electron chi connectivity index (χ0n) is 13.4. The van der Waals surface area contributed by atoms with Gasteiger partial charge in [0, 0.05) is 50.0 Å². The van der Waals surface area contributed by atoms with Gasteiger partial charge < -0.3 is 14.3 Å². The average Bonchev–Trinajstić information content (AvgIpc) is 3.19. The average molecular weight is 310 g/mol. The number of piperidine rings is 1. The quantitative estimate of drug-likeness (QED) is 0.806. The van der Waals surface area contributed by atoms with E-state index in [0.29, 0.717) is 6.10 Å². The molecule has 1 N–H and O–H groups in total. The molecule has 4 rings (SSSR count). The minimum atomic E-state index is 0.301. The third-order valence-electron chi connectivity index (χ3n) is 4.53. The molecule has 0 amide bonds. The Kier molecular flexibility index (Phi) is 3.79. The predicted molar refractivity (Wildman–Crippen MR) is 90.4 cm³/mol. The number of aryl methyl sites for hydroxylation is 1. The van der Waals surface area contributed by atoms with Gasteiger partial charge in [0.15, 0.2) is 0 Å². The number of nitrogens with one attached hydrogen (secondary N) is 1. The molecule has 0 saturated carbocycles. The van der Waals surface area contributed by atoms with Crippen LogP contribution in [0.3, 0.4) is 0 Å². The Bertz CT molecular complexity index is 783. The number of rotatable bonds is 4. The molecule has 23 heavy (non-hydrogen) atoms. The Hall–Kier alpha value is -2.27. The molecule has 0 unspecified atom stereocenters. The van der Waals surface area contributed by atoms with Crippen LogP contribution in [-0.2, 0) is 13.6 Å². The van der Waals surface area contributed by atoms with Crippen molar-refractivity contribution in [3.63, 3.8) is 0 Å². The first-order valence-corrected chi connectivity index (χ1v) is 8.20. The van der Waals surface area contributed by atoms with E-state index in [9.17, 15) is 0 Å².